The number of ether oxygens (including phenoxy) is 1. The molecule has 2 aromatic rings. The van der Waals surface area contributed by atoms with Crippen molar-refractivity contribution in [1.82, 2.24) is 4.98 Å². The number of hydrogen-bond donors (Lipinski definition) is 1. The molecule has 2 amide bonds. The quantitative estimate of drug-likeness (QED) is 0.696. The van der Waals surface area contributed by atoms with E-state index >= 15 is 0 Å². The summed E-state index contributed by atoms with van der Waals surface area (Å²) in [6.45, 7) is 2.30. The molecule has 1 aliphatic heterocycles. The Morgan fingerprint density at radius 2 is 2.10 bits per heavy atom. The van der Waals surface area contributed by atoms with Crippen LogP contribution >= 0.6 is 11.3 Å². The van der Waals surface area contributed by atoms with E-state index in [0.717, 1.165) is 48.5 Å². The lowest BCUT2D eigenvalue weighted by Crippen LogP contribution is -2.35. The molecule has 0 saturated heterocycles. The molecule has 2 heterocycles. The maximum Gasteiger partial charge on any atom is 0.264 e. The molecular weight excluding hydrogens is 398 g/mol. The van der Waals surface area contributed by atoms with Crippen molar-refractivity contribution in [1.29, 1.82) is 0 Å². The van der Waals surface area contributed by atoms with Crippen molar-refractivity contribution < 1.29 is 14.3 Å². The Morgan fingerprint density at radius 1 is 1.30 bits per heavy atom. The summed E-state index contributed by atoms with van der Waals surface area (Å²) < 4.78 is 5.49. The van der Waals surface area contributed by atoms with Crippen LogP contribution in [0, 0.1) is 11.8 Å². The SMILES string of the molecule is CCCCC1CCC(C(=O)Nc2nc(-c3ccc4c(c3)N(C)C(=O)CO4)cs2)CC1. The second-order valence-electron chi connectivity index (χ2n) is 8.31. The number of unbranched alkanes of at least 4 members (excludes halogenated alkanes) is 1. The van der Waals surface area contributed by atoms with Crippen LogP contribution in [-0.2, 0) is 9.59 Å². The maximum absolute atomic E-state index is 12.7. The molecule has 1 aromatic heterocycles. The van der Waals surface area contributed by atoms with Crippen molar-refractivity contribution in [2.45, 2.75) is 51.9 Å². The second-order valence-corrected chi connectivity index (χ2v) is 9.17. The number of nitrogens with one attached hydrogen (secondary N) is 1. The van der Waals surface area contributed by atoms with E-state index in [2.05, 4.69) is 17.2 Å². The number of benzene rings is 1. The minimum Gasteiger partial charge on any atom is -0.482 e. The fourth-order valence-electron chi connectivity index (χ4n) is 4.31. The van der Waals surface area contributed by atoms with E-state index in [1.165, 1.54) is 30.6 Å². The highest BCUT2D eigenvalue weighted by molar-refractivity contribution is 7.14. The monoisotopic (exact) mass is 427 g/mol. The van der Waals surface area contributed by atoms with Crippen LogP contribution in [0.1, 0.15) is 51.9 Å². The highest BCUT2D eigenvalue weighted by atomic mass is 32.1. The number of amides is 2. The molecule has 1 aliphatic carbocycles. The van der Waals surface area contributed by atoms with Gasteiger partial charge in [0.2, 0.25) is 5.91 Å². The summed E-state index contributed by atoms with van der Waals surface area (Å²) in [4.78, 5) is 30.8. The molecule has 0 bridgehead atoms. The first-order valence-electron chi connectivity index (χ1n) is 10.8. The summed E-state index contributed by atoms with van der Waals surface area (Å²) >= 11 is 1.43. The second kappa shape index (κ2) is 9.16. The fraction of sp³-hybridized carbons (Fsp3) is 0.522. The molecular formula is C23H29N3O3S. The smallest absolute Gasteiger partial charge is 0.264 e. The molecule has 7 heteroatoms. The zero-order chi connectivity index (χ0) is 21.1. The molecule has 1 N–H and O–H groups in total. The first kappa shape index (κ1) is 20.8. The number of aromatic nitrogens is 1. The van der Waals surface area contributed by atoms with Crippen molar-refractivity contribution in [2.75, 3.05) is 23.9 Å². The molecule has 30 heavy (non-hydrogen) atoms. The van der Waals surface area contributed by atoms with Gasteiger partial charge in [-0.15, -0.1) is 11.3 Å². The summed E-state index contributed by atoms with van der Waals surface area (Å²) in [5.41, 5.74) is 2.42. The van der Waals surface area contributed by atoms with Gasteiger partial charge in [0, 0.05) is 23.9 Å². The third kappa shape index (κ3) is 4.51. The van der Waals surface area contributed by atoms with E-state index in [1.807, 2.05) is 23.6 Å². The van der Waals surface area contributed by atoms with Crippen LogP contribution in [0.4, 0.5) is 10.8 Å². The lowest BCUT2D eigenvalue weighted by atomic mass is 9.79. The largest absolute Gasteiger partial charge is 0.482 e. The first-order chi connectivity index (χ1) is 14.5. The molecule has 1 aromatic carbocycles. The number of nitrogens with zero attached hydrogens (tertiary/aromatic N) is 2. The molecule has 0 unspecified atom stereocenters. The number of anilines is 2. The van der Waals surface area contributed by atoms with Gasteiger partial charge in [-0.1, -0.05) is 26.2 Å². The normalized spacial score (nSPS) is 21.1. The average Bonchev–Trinajstić information content (AvgIpc) is 3.23. The molecule has 0 radical (unpaired) electrons. The van der Waals surface area contributed by atoms with Gasteiger partial charge in [-0.05, 0) is 49.8 Å². The predicted molar refractivity (Wildman–Crippen MR) is 120 cm³/mol. The van der Waals surface area contributed by atoms with Gasteiger partial charge in [-0.2, -0.15) is 0 Å². The van der Waals surface area contributed by atoms with Gasteiger partial charge in [-0.25, -0.2) is 4.98 Å². The summed E-state index contributed by atoms with van der Waals surface area (Å²) in [5, 5.41) is 5.58. The zero-order valence-corrected chi connectivity index (χ0v) is 18.5. The van der Waals surface area contributed by atoms with Crippen LogP contribution in [0.15, 0.2) is 23.6 Å². The van der Waals surface area contributed by atoms with Crippen LogP contribution in [0.2, 0.25) is 0 Å². The highest BCUT2D eigenvalue weighted by Crippen LogP contribution is 2.37. The topological polar surface area (TPSA) is 71.5 Å². The zero-order valence-electron chi connectivity index (χ0n) is 17.6. The number of rotatable bonds is 6. The number of carbonyl (C=O) groups is 2. The Labute approximate surface area is 181 Å². The Hall–Kier alpha value is -2.41. The molecule has 160 valence electrons. The summed E-state index contributed by atoms with van der Waals surface area (Å²) in [7, 11) is 1.75. The molecule has 0 atom stereocenters. The van der Waals surface area contributed by atoms with E-state index in [0.29, 0.717) is 10.9 Å². The van der Waals surface area contributed by atoms with E-state index in [4.69, 9.17) is 4.74 Å². The third-order valence-electron chi connectivity index (χ3n) is 6.26. The standard InChI is InChI=1S/C23H29N3O3S/c1-3-4-5-15-6-8-16(9-7-15)22(28)25-23-24-18(14-30-23)17-10-11-20-19(12-17)26(2)21(27)13-29-20/h10-12,14-16H,3-9,13H2,1-2H3,(H,24,25,28). The molecule has 0 spiro atoms. The molecule has 6 nitrogen and oxygen atoms in total. The summed E-state index contributed by atoms with van der Waals surface area (Å²) in [6, 6.07) is 5.70. The van der Waals surface area contributed by atoms with E-state index in [1.54, 1.807) is 11.9 Å². The maximum atomic E-state index is 12.7. The Morgan fingerprint density at radius 3 is 2.87 bits per heavy atom. The fourth-order valence-corrected chi connectivity index (χ4v) is 5.03. The van der Waals surface area contributed by atoms with Gasteiger partial charge < -0.3 is 15.0 Å². The number of thiazole rings is 1. The Balaban J connectivity index is 1.38. The van der Waals surface area contributed by atoms with Gasteiger partial charge >= 0.3 is 0 Å². The van der Waals surface area contributed by atoms with Crippen molar-refractivity contribution in [3.8, 4) is 17.0 Å². The Bertz CT molecular complexity index is 918. The number of likely N-dealkylation sites (N-methyl/N-ethyl adjacent to an activating group) is 1. The lowest BCUT2D eigenvalue weighted by Gasteiger charge is -2.27. The molecule has 4 rings (SSSR count). The van der Waals surface area contributed by atoms with Gasteiger partial charge in [-0.3, -0.25) is 9.59 Å². The van der Waals surface area contributed by atoms with Crippen LogP contribution in [0.3, 0.4) is 0 Å². The van der Waals surface area contributed by atoms with Crippen molar-refractivity contribution in [3.05, 3.63) is 23.6 Å². The number of hydrogen-bond acceptors (Lipinski definition) is 5. The highest BCUT2D eigenvalue weighted by Gasteiger charge is 2.27. The summed E-state index contributed by atoms with van der Waals surface area (Å²) in [5.74, 6) is 1.60. The minimum absolute atomic E-state index is 0.0657. The van der Waals surface area contributed by atoms with Crippen LogP contribution in [-0.4, -0.2) is 30.5 Å². The third-order valence-corrected chi connectivity index (χ3v) is 7.02. The van der Waals surface area contributed by atoms with Crippen molar-refractivity contribution >= 4 is 34.0 Å². The van der Waals surface area contributed by atoms with Gasteiger partial charge in [0.25, 0.3) is 5.91 Å². The van der Waals surface area contributed by atoms with Crippen molar-refractivity contribution in [3.63, 3.8) is 0 Å². The molecule has 1 fully saturated rings. The summed E-state index contributed by atoms with van der Waals surface area (Å²) in [6.07, 6.45) is 8.11. The van der Waals surface area contributed by atoms with Gasteiger partial charge in [0.05, 0.1) is 11.4 Å². The van der Waals surface area contributed by atoms with E-state index in [-0.39, 0.29) is 24.3 Å². The van der Waals surface area contributed by atoms with Crippen molar-refractivity contribution in [2.24, 2.45) is 11.8 Å². The number of fused-ring (bicyclic) bond motifs is 1. The van der Waals surface area contributed by atoms with Crippen LogP contribution in [0.25, 0.3) is 11.3 Å². The van der Waals surface area contributed by atoms with E-state index < -0.39 is 0 Å². The van der Waals surface area contributed by atoms with Gasteiger partial charge in [0.1, 0.15) is 5.75 Å². The molecule has 2 aliphatic rings. The predicted octanol–water partition coefficient (Wildman–Crippen LogP) is 5.10. The van der Waals surface area contributed by atoms with E-state index in [9.17, 15) is 9.59 Å². The van der Waals surface area contributed by atoms with Gasteiger partial charge in [0.15, 0.2) is 11.7 Å². The lowest BCUT2D eigenvalue weighted by molar-refractivity contribution is -0.121. The van der Waals surface area contributed by atoms with Crippen LogP contribution in [0.5, 0.6) is 5.75 Å². The average molecular weight is 428 g/mol. The van der Waals surface area contributed by atoms with Crippen LogP contribution < -0.4 is 15.0 Å². The Kier molecular flexibility index (Phi) is 6.37. The molecule has 1 saturated carbocycles. The minimum atomic E-state index is -0.0738. The number of carbonyl (C=O) groups excluding carboxylic acids is 2. The first-order valence-corrected chi connectivity index (χ1v) is 11.7.